The van der Waals surface area contributed by atoms with E-state index in [9.17, 15) is 0 Å². The number of methoxy groups -OCH3 is 1. The first kappa shape index (κ1) is 16.8. The highest BCUT2D eigenvalue weighted by molar-refractivity contribution is 6.21. The van der Waals surface area contributed by atoms with Crippen LogP contribution in [-0.4, -0.2) is 12.7 Å². The van der Waals surface area contributed by atoms with Gasteiger partial charge in [-0.1, -0.05) is 45.9 Å². The highest BCUT2D eigenvalue weighted by atomic mass is 35.5. The summed E-state index contributed by atoms with van der Waals surface area (Å²) < 4.78 is 5.74. The maximum atomic E-state index is 6.78. The highest BCUT2D eigenvalue weighted by Gasteiger charge is 2.39. The topological polar surface area (TPSA) is 9.23 Å². The third-order valence-electron chi connectivity index (χ3n) is 4.99. The van der Waals surface area contributed by atoms with Crippen molar-refractivity contribution in [1.29, 1.82) is 0 Å². The molecule has 2 heteroatoms. The standard InChI is InChI=1S/C19H29ClO/c1-13(2)15-7-8-16(17(11-15)14(3)4)18(20)12-19(21-5)9-6-10-19/h7-8,11,13-14,18H,6,9-10,12H2,1-5H3. The number of benzene rings is 1. The summed E-state index contributed by atoms with van der Waals surface area (Å²) >= 11 is 6.78. The largest absolute Gasteiger partial charge is 0.378 e. The Labute approximate surface area is 135 Å². The van der Waals surface area contributed by atoms with Gasteiger partial charge in [-0.05, 0) is 54.2 Å². The van der Waals surface area contributed by atoms with Crippen molar-refractivity contribution in [2.45, 2.75) is 76.2 Å². The summed E-state index contributed by atoms with van der Waals surface area (Å²) in [5, 5.41) is 0.0452. The van der Waals surface area contributed by atoms with Crippen molar-refractivity contribution in [3.8, 4) is 0 Å². The predicted octanol–water partition coefficient (Wildman–Crippen LogP) is 6.17. The molecule has 0 aromatic heterocycles. The number of hydrogen-bond donors (Lipinski definition) is 0. The maximum absolute atomic E-state index is 6.78. The Balaban J connectivity index is 2.25. The molecule has 0 spiro atoms. The third kappa shape index (κ3) is 3.63. The SMILES string of the molecule is COC1(CC(Cl)c2ccc(C(C)C)cc2C(C)C)CCC1. The van der Waals surface area contributed by atoms with Crippen molar-refractivity contribution in [3.05, 3.63) is 34.9 Å². The van der Waals surface area contributed by atoms with Crippen LogP contribution in [0.1, 0.15) is 87.3 Å². The summed E-state index contributed by atoms with van der Waals surface area (Å²) in [4.78, 5) is 0. The molecule has 1 aromatic rings. The number of alkyl halides is 1. The zero-order chi connectivity index (χ0) is 15.6. The summed E-state index contributed by atoms with van der Waals surface area (Å²) in [7, 11) is 1.83. The normalized spacial score (nSPS) is 18.9. The van der Waals surface area contributed by atoms with Crippen molar-refractivity contribution >= 4 is 11.6 Å². The molecule has 0 saturated heterocycles. The monoisotopic (exact) mass is 308 g/mol. The lowest BCUT2D eigenvalue weighted by molar-refractivity contribution is -0.0780. The van der Waals surface area contributed by atoms with Gasteiger partial charge in [-0.15, -0.1) is 11.6 Å². The molecule has 0 amide bonds. The van der Waals surface area contributed by atoms with E-state index >= 15 is 0 Å². The summed E-state index contributed by atoms with van der Waals surface area (Å²) in [6.45, 7) is 8.99. The molecule has 1 saturated carbocycles. The fourth-order valence-corrected chi connectivity index (χ4v) is 3.72. The van der Waals surface area contributed by atoms with Gasteiger partial charge in [0.05, 0.1) is 11.0 Å². The first-order valence-electron chi connectivity index (χ1n) is 8.21. The predicted molar refractivity (Wildman–Crippen MR) is 91.4 cm³/mol. The molecule has 0 heterocycles. The molecule has 0 aliphatic heterocycles. The van der Waals surface area contributed by atoms with E-state index < -0.39 is 0 Å². The van der Waals surface area contributed by atoms with Crippen LogP contribution in [0, 0.1) is 0 Å². The van der Waals surface area contributed by atoms with E-state index in [2.05, 4.69) is 45.9 Å². The Morgan fingerprint density at radius 2 is 1.76 bits per heavy atom. The molecular formula is C19H29ClO. The van der Waals surface area contributed by atoms with E-state index in [0.29, 0.717) is 11.8 Å². The Bertz CT molecular complexity index is 469. The molecule has 1 fully saturated rings. The van der Waals surface area contributed by atoms with Crippen LogP contribution in [0.2, 0.25) is 0 Å². The Kier molecular flexibility index (Phi) is 5.38. The molecule has 1 nitrogen and oxygen atoms in total. The van der Waals surface area contributed by atoms with Crippen LogP contribution in [0.5, 0.6) is 0 Å². The fourth-order valence-electron chi connectivity index (χ4n) is 3.24. The molecule has 2 rings (SSSR count). The molecule has 1 aromatic carbocycles. The minimum absolute atomic E-state index is 0.0252. The molecule has 1 atom stereocenters. The van der Waals surface area contributed by atoms with Crippen LogP contribution in [0.15, 0.2) is 18.2 Å². The molecule has 1 unspecified atom stereocenters. The van der Waals surface area contributed by atoms with E-state index in [4.69, 9.17) is 16.3 Å². The van der Waals surface area contributed by atoms with Gasteiger partial charge in [0.1, 0.15) is 0 Å². The number of rotatable bonds is 6. The Hall–Kier alpha value is -0.530. The Morgan fingerprint density at radius 1 is 1.10 bits per heavy atom. The zero-order valence-electron chi connectivity index (χ0n) is 14.1. The number of halogens is 1. The van der Waals surface area contributed by atoms with Crippen molar-refractivity contribution in [2.24, 2.45) is 0 Å². The van der Waals surface area contributed by atoms with E-state index in [-0.39, 0.29) is 11.0 Å². The molecule has 0 bridgehead atoms. The van der Waals surface area contributed by atoms with Crippen LogP contribution in [0.25, 0.3) is 0 Å². The van der Waals surface area contributed by atoms with Crippen molar-refractivity contribution in [1.82, 2.24) is 0 Å². The smallest absolute Gasteiger partial charge is 0.0696 e. The van der Waals surface area contributed by atoms with Crippen molar-refractivity contribution in [3.63, 3.8) is 0 Å². The van der Waals surface area contributed by atoms with Gasteiger partial charge in [-0.25, -0.2) is 0 Å². The van der Waals surface area contributed by atoms with Gasteiger partial charge in [-0.3, -0.25) is 0 Å². The maximum Gasteiger partial charge on any atom is 0.0696 e. The molecule has 1 aliphatic carbocycles. The zero-order valence-corrected chi connectivity index (χ0v) is 14.8. The van der Waals surface area contributed by atoms with Crippen LogP contribution < -0.4 is 0 Å². The highest BCUT2D eigenvalue weighted by Crippen LogP contribution is 2.45. The Morgan fingerprint density at radius 3 is 2.19 bits per heavy atom. The van der Waals surface area contributed by atoms with Crippen LogP contribution in [0.3, 0.4) is 0 Å². The summed E-state index contributed by atoms with van der Waals surface area (Å²) in [6, 6.07) is 6.83. The van der Waals surface area contributed by atoms with Gasteiger partial charge >= 0.3 is 0 Å². The molecule has 1 aliphatic rings. The minimum atomic E-state index is 0.0252. The molecule has 21 heavy (non-hydrogen) atoms. The quantitative estimate of drug-likeness (QED) is 0.571. The second-order valence-electron chi connectivity index (χ2n) is 7.11. The van der Waals surface area contributed by atoms with Crippen LogP contribution in [0.4, 0.5) is 0 Å². The fraction of sp³-hybridized carbons (Fsp3) is 0.684. The molecular weight excluding hydrogens is 280 g/mol. The lowest BCUT2D eigenvalue weighted by atomic mass is 9.75. The first-order valence-corrected chi connectivity index (χ1v) is 8.65. The molecule has 118 valence electrons. The summed E-state index contributed by atoms with van der Waals surface area (Å²) in [5.41, 5.74) is 4.11. The van der Waals surface area contributed by atoms with Crippen molar-refractivity contribution < 1.29 is 4.74 Å². The second-order valence-corrected chi connectivity index (χ2v) is 7.64. The van der Waals surface area contributed by atoms with E-state index in [0.717, 1.165) is 19.3 Å². The average molecular weight is 309 g/mol. The average Bonchev–Trinajstić information content (AvgIpc) is 2.41. The third-order valence-corrected chi connectivity index (χ3v) is 5.38. The summed E-state index contributed by atoms with van der Waals surface area (Å²) in [6.07, 6.45) is 4.48. The molecule has 0 radical (unpaired) electrons. The second kappa shape index (κ2) is 6.71. The van der Waals surface area contributed by atoms with E-state index in [1.54, 1.807) is 0 Å². The minimum Gasteiger partial charge on any atom is -0.378 e. The van der Waals surface area contributed by atoms with E-state index in [1.165, 1.54) is 23.1 Å². The van der Waals surface area contributed by atoms with Crippen molar-refractivity contribution in [2.75, 3.05) is 7.11 Å². The molecule has 0 N–H and O–H groups in total. The van der Waals surface area contributed by atoms with Gasteiger partial charge in [0.15, 0.2) is 0 Å². The van der Waals surface area contributed by atoms with Gasteiger partial charge in [-0.2, -0.15) is 0 Å². The number of ether oxygens (including phenoxy) is 1. The summed E-state index contributed by atoms with van der Waals surface area (Å²) in [5.74, 6) is 1.06. The lowest BCUT2D eigenvalue weighted by Gasteiger charge is -2.42. The number of hydrogen-bond acceptors (Lipinski definition) is 1. The van der Waals surface area contributed by atoms with Crippen LogP contribution in [-0.2, 0) is 4.74 Å². The van der Waals surface area contributed by atoms with E-state index in [1.807, 2.05) is 7.11 Å². The van der Waals surface area contributed by atoms with Gasteiger partial charge in [0, 0.05) is 7.11 Å². The van der Waals surface area contributed by atoms with Gasteiger partial charge < -0.3 is 4.74 Å². The lowest BCUT2D eigenvalue weighted by Crippen LogP contribution is -2.40. The van der Waals surface area contributed by atoms with Crippen LogP contribution >= 0.6 is 11.6 Å². The van der Waals surface area contributed by atoms with Gasteiger partial charge in [0.2, 0.25) is 0 Å². The first-order chi connectivity index (χ1) is 9.88. The van der Waals surface area contributed by atoms with Gasteiger partial charge in [0.25, 0.3) is 0 Å².